The zero-order chi connectivity index (χ0) is 17.1. The summed E-state index contributed by atoms with van der Waals surface area (Å²) in [6.45, 7) is 1.23. The Balaban J connectivity index is 1.41. The Hall–Kier alpha value is -3.34. The second-order valence-electron chi connectivity index (χ2n) is 5.84. The lowest BCUT2D eigenvalue weighted by molar-refractivity contribution is 0.0923. The molecule has 5 heteroatoms. The van der Waals surface area contributed by atoms with Crippen LogP contribution in [0.25, 0.3) is 11.0 Å². The number of fused-ring (bicyclic) bond motifs is 1. The summed E-state index contributed by atoms with van der Waals surface area (Å²) in [5.41, 5.74) is 4.35. The lowest BCUT2D eigenvalue weighted by Gasteiger charge is -2.07. The second-order valence-corrected chi connectivity index (χ2v) is 5.84. The van der Waals surface area contributed by atoms with Crippen molar-refractivity contribution in [2.45, 2.75) is 13.1 Å². The number of carbonyl (C=O) groups excluding carboxylic acids is 1. The number of hydrogen-bond acceptors (Lipinski definition) is 3. The maximum absolute atomic E-state index is 11.9. The molecular formula is C20H17N3O2. The monoisotopic (exact) mass is 331 g/mol. The Morgan fingerprint density at radius 2 is 1.80 bits per heavy atom. The zero-order valence-electron chi connectivity index (χ0n) is 13.6. The number of rotatable bonds is 5. The molecule has 25 heavy (non-hydrogen) atoms. The predicted molar refractivity (Wildman–Crippen MR) is 95.2 cm³/mol. The number of nitrogens with one attached hydrogen (secondary N) is 1. The van der Waals surface area contributed by atoms with Crippen LogP contribution in [0.1, 0.15) is 21.7 Å². The van der Waals surface area contributed by atoms with Gasteiger partial charge in [-0.15, -0.1) is 0 Å². The third-order valence-electron chi connectivity index (χ3n) is 4.10. The highest BCUT2D eigenvalue weighted by atomic mass is 16.3. The van der Waals surface area contributed by atoms with Gasteiger partial charge in [0.25, 0.3) is 5.91 Å². The van der Waals surface area contributed by atoms with Crippen molar-refractivity contribution in [1.29, 1.82) is 0 Å². The van der Waals surface area contributed by atoms with E-state index >= 15 is 0 Å². The van der Waals surface area contributed by atoms with Crippen LogP contribution in [-0.2, 0) is 13.1 Å². The van der Waals surface area contributed by atoms with Crippen molar-refractivity contribution in [2.75, 3.05) is 0 Å². The van der Waals surface area contributed by atoms with Crippen molar-refractivity contribution >= 4 is 16.9 Å². The summed E-state index contributed by atoms with van der Waals surface area (Å²) in [6.07, 6.45) is 3.35. The first-order valence-electron chi connectivity index (χ1n) is 8.09. The van der Waals surface area contributed by atoms with Gasteiger partial charge in [0.15, 0.2) is 5.76 Å². The van der Waals surface area contributed by atoms with Crippen LogP contribution in [0.5, 0.6) is 0 Å². The number of hydrogen-bond donors (Lipinski definition) is 1. The maximum Gasteiger partial charge on any atom is 0.287 e. The molecule has 124 valence electrons. The van der Waals surface area contributed by atoms with Crippen LogP contribution in [0.4, 0.5) is 0 Å². The van der Waals surface area contributed by atoms with E-state index in [9.17, 15) is 4.79 Å². The van der Waals surface area contributed by atoms with E-state index in [1.54, 1.807) is 12.1 Å². The molecule has 2 aromatic carbocycles. The fraction of sp³-hybridized carbons (Fsp3) is 0.100. The van der Waals surface area contributed by atoms with E-state index in [2.05, 4.69) is 33.1 Å². The number of imidazole rings is 1. The molecule has 1 amide bonds. The van der Waals surface area contributed by atoms with Gasteiger partial charge in [-0.3, -0.25) is 4.79 Å². The van der Waals surface area contributed by atoms with Gasteiger partial charge in [-0.05, 0) is 35.4 Å². The smallest absolute Gasteiger partial charge is 0.287 e. The molecule has 0 aliphatic carbocycles. The lowest BCUT2D eigenvalue weighted by atomic mass is 10.1. The molecule has 0 aliphatic heterocycles. The quantitative estimate of drug-likeness (QED) is 0.608. The summed E-state index contributed by atoms with van der Waals surface area (Å²) in [7, 11) is 0. The Morgan fingerprint density at radius 1 is 1.00 bits per heavy atom. The van der Waals surface area contributed by atoms with Gasteiger partial charge < -0.3 is 14.3 Å². The van der Waals surface area contributed by atoms with Crippen molar-refractivity contribution in [3.8, 4) is 0 Å². The highest BCUT2D eigenvalue weighted by Crippen LogP contribution is 2.14. The molecule has 0 spiro atoms. The number of carbonyl (C=O) groups is 1. The van der Waals surface area contributed by atoms with Gasteiger partial charge in [-0.2, -0.15) is 0 Å². The van der Waals surface area contributed by atoms with Crippen LogP contribution in [0.15, 0.2) is 77.7 Å². The minimum absolute atomic E-state index is 0.209. The molecule has 2 aromatic heterocycles. The van der Waals surface area contributed by atoms with Crippen LogP contribution in [0, 0.1) is 0 Å². The van der Waals surface area contributed by atoms with E-state index in [1.165, 1.54) is 11.8 Å². The molecule has 0 radical (unpaired) electrons. The predicted octanol–water partition coefficient (Wildman–Crippen LogP) is 3.61. The molecule has 4 aromatic rings. The SMILES string of the molecule is O=C(NCc1ccc(Cn2cnc3ccccc32)cc1)c1ccco1. The summed E-state index contributed by atoms with van der Waals surface area (Å²) in [5, 5.41) is 2.84. The third kappa shape index (κ3) is 3.30. The van der Waals surface area contributed by atoms with Gasteiger partial charge in [0.05, 0.1) is 23.6 Å². The molecule has 0 aliphatic rings. The fourth-order valence-electron chi connectivity index (χ4n) is 2.77. The summed E-state index contributed by atoms with van der Waals surface area (Å²) >= 11 is 0. The number of benzene rings is 2. The van der Waals surface area contributed by atoms with Gasteiger partial charge in [-0.1, -0.05) is 36.4 Å². The summed E-state index contributed by atoms with van der Waals surface area (Å²) < 4.78 is 7.20. The first kappa shape index (κ1) is 15.2. The largest absolute Gasteiger partial charge is 0.459 e. The van der Waals surface area contributed by atoms with E-state index in [-0.39, 0.29) is 5.91 Å². The first-order chi connectivity index (χ1) is 12.3. The molecule has 0 saturated heterocycles. The normalized spacial score (nSPS) is 10.9. The molecule has 0 atom stereocenters. The average molecular weight is 331 g/mol. The lowest BCUT2D eigenvalue weighted by Crippen LogP contribution is -2.22. The highest BCUT2D eigenvalue weighted by Gasteiger charge is 2.07. The van der Waals surface area contributed by atoms with Crippen molar-refractivity contribution in [2.24, 2.45) is 0 Å². The third-order valence-corrected chi connectivity index (χ3v) is 4.10. The van der Waals surface area contributed by atoms with Crippen LogP contribution in [0.3, 0.4) is 0 Å². The van der Waals surface area contributed by atoms with Crippen LogP contribution in [0.2, 0.25) is 0 Å². The van der Waals surface area contributed by atoms with Crippen molar-refractivity contribution < 1.29 is 9.21 Å². The molecule has 0 saturated carbocycles. The van der Waals surface area contributed by atoms with E-state index in [0.29, 0.717) is 12.3 Å². The topological polar surface area (TPSA) is 60.1 Å². The van der Waals surface area contributed by atoms with Crippen molar-refractivity contribution in [1.82, 2.24) is 14.9 Å². The van der Waals surface area contributed by atoms with Gasteiger partial charge in [-0.25, -0.2) is 4.98 Å². The van der Waals surface area contributed by atoms with Crippen LogP contribution >= 0.6 is 0 Å². The fourth-order valence-corrected chi connectivity index (χ4v) is 2.77. The van der Waals surface area contributed by atoms with Crippen molar-refractivity contribution in [3.05, 3.63) is 90.1 Å². The molecule has 2 heterocycles. The number of para-hydroxylation sites is 2. The average Bonchev–Trinajstić information content (AvgIpc) is 3.32. The highest BCUT2D eigenvalue weighted by molar-refractivity contribution is 5.91. The number of furan rings is 1. The van der Waals surface area contributed by atoms with Gasteiger partial charge >= 0.3 is 0 Å². The van der Waals surface area contributed by atoms with Gasteiger partial charge in [0, 0.05) is 13.1 Å². The van der Waals surface area contributed by atoms with Gasteiger partial charge in [0.1, 0.15) is 0 Å². The maximum atomic E-state index is 11.9. The van der Waals surface area contributed by atoms with E-state index < -0.39 is 0 Å². The first-order valence-corrected chi connectivity index (χ1v) is 8.09. The Bertz CT molecular complexity index is 985. The molecule has 0 fully saturated rings. The van der Waals surface area contributed by atoms with Crippen LogP contribution < -0.4 is 5.32 Å². The molecule has 5 nitrogen and oxygen atoms in total. The minimum Gasteiger partial charge on any atom is -0.459 e. The van der Waals surface area contributed by atoms with E-state index in [4.69, 9.17) is 4.42 Å². The van der Waals surface area contributed by atoms with E-state index in [0.717, 1.165) is 23.1 Å². The van der Waals surface area contributed by atoms with Gasteiger partial charge in [0.2, 0.25) is 0 Å². The minimum atomic E-state index is -0.209. The Morgan fingerprint density at radius 3 is 2.60 bits per heavy atom. The standard InChI is InChI=1S/C20H17N3O2/c24-20(19-6-3-11-25-19)21-12-15-7-9-16(10-8-15)13-23-14-22-17-4-1-2-5-18(17)23/h1-11,14H,12-13H2,(H,21,24). The zero-order valence-corrected chi connectivity index (χ0v) is 13.6. The molecule has 0 unspecified atom stereocenters. The summed E-state index contributed by atoms with van der Waals surface area (Å²) in [6, 6.07) is 19.6. The summed E-state index contributed by atoms with van der Waals surface area (Å²) in [5.74, 6) is 0.113. The Kier molecular flexibility index (Phi) is 4.04. The Labute approximate surface area is 144 Å². The van der Waals surface area contributed by atoms with E-state index in [1.807, 2.05) is 36.7 Å². The molecule has 1 N–H and O–H groups in total. The second kappa shape index (κ2) is 6.65. The van der Waals surface area contributed by atoms with Crippen LogP contribution in [-0.4, -0.2) is 15.5 Å². The number of nitrogens with zero attached hydrogens (tertiary/aromatic N) is 2. The molecule has 0 bridgehead atoms. The summed E-state index contributed by atoms with van der Waals surface area (Å²) in [4.78, 5) is 16.3. The number of amides is 1. The molecular weight excluding hydrogens is 314 g/mol. The number of aromatic nitrogens is 2. The molecule has 4 rings (SSSR count). The van der Waals surface area contributed by atoms with Crippen molar-refractivity contribution in [3.63, 3.8) is 0 Å².